The van der Waals surface area contributed by atoms with E-state index in [1.807, 2.05) is 0 Å². The summed E-state index contributed by atoms with van der Waals surface area (Å²) < 4.78 is 24.6. The SMILES string of the molecule is O=S(=O)(C1=CC(O)CCCC1)c1ccccc1. The van der Waals surface area contributed by atoms with E-state index in [0.717, 1.165) is 12.8 Å². The topological polar surface area (TPSA) is 54.4 Å². The molecular weight excluding hydrogens is 236 g/mol. The Kier molecular flexibility index (Phi) is 3.64. The number of hydrogen-bond acceptors (Lipinski definition) is 3. The van der Waals surface area contributed by atoms with Gasteiger partial charge in [0.15, 0.2) is 0 Å². The Morgan fingerprint density at radius 2 is 1.82 bits per heavy atom. The van der Waals surface area contributed by atoms with Gasteiger partial charge in [0.2, 0.25) is 9.84 Å². The molecule has 1 N–H and O–H groups in total. The van der Waals surface area contributed by atoms with Crippen LogP contribution in [0.5, 0.6) is 0 Å². The van der Waals surface area contributed by atoms with E-state index < -0.39 is 15.9 Å². The monoisotopic (exact) mass is 252 g/mol. The highest BCUT2D eigenvalue weighted by molar-refractivity contribution is 7.95. The average Bonchev–Trinajstić information content (AvgIpc) is 2.55. The molecule has 0 radical (unpaired) electrons. The van der Waals surface area contributed by atoms with Crippen LogP contribution in [-0.2, 0) is 9.84 Å². The maximum absolute atomic E-state index is 12.3. The van der Waals surface area contributed by atoms with Gasteiger partial charge in [-0.05, 0) is 37.5 Å². The first kappa shape index (κ1) is 12.3. The highest BCUT2D eigenvalue weighted by Crippen LogP contribution is 2.27. The van der Waals surface area contributed by atoms with Crippen molar-refractivity contribution in [1.29, 1.82) is 0 Å². The molecule has 1 aliphatic rings. The zero-order valence-electron chi connectivity index (χ0n) is 9.54. The smallest absolute Gasteiger partial charge is 0.202 e. The van der Waals surface area contributed by atoms with E-state index in [0.29, 0.717) is 22.6 Å². The number of benzene rings is 1. The van der Waals surface area contributed by atoms with E-state index in [-0.39, 0.29) is 0 Å². The lowest BCUT2D eigenvalue weighted by Crippen LogP contribution is -2.07. The lowest BCUT2D eigenvalue weighted by atomic mass is 10.2. The Morgan fingerprint density at radius 1 is 1.12 bits per heavy atom. The Labute approximate surface area is 102 Å². The van der Waals surface area contributed by atoms with Gasteiger partial charge in [-0.3, -0.25) is 0 Å². The summed E-state index contributed by atoms with van der Waals surface area (Å²) in [6.07, 6.45) is 3.71. The van der Waals surface area contributed by atoms with Gasteiger partial charge in [-0.1, -0.05) is 24.6 Å². The third-order valence-corrected chi connectivity index (χ3v) is 4.87. The third kappa shape index (κ3) is 2.76. The van der Waals surface area contributed by atoms with E-state index in [9.17, 15) is 13.5 Å². The predicted molar refractivity (Wildman–Crippen MR) is 66.2 cm³/mol. The molecule has 0 saturated carbocycles. The van der Waals surface area contributed by atoms with Crippen molar-refractivity contribution < 1.29 is 13.5 Å². The molecule has 3 nitrogen and oxygen atoms in total. The summed E-state index contributed by atoms with van der Waals surface area (Å²) in [6.45, 7) is 0. The molecule has 1 unspecified atom stereocenters. The van der Waals surface area contributed by atoms with Crippen LogP contribution in [0.25, 0.3) is 0 Å². The van der Waals surface area contributed by atoms with E-state index in [1.54, 1.807) is 30.3 Å². The third-order valence-electron chi connectivity index (χ3n) is 2.95. The molecule has 92 valence electrons. The van der Waals surface area contributed by atoms with E-state index in [4.69, 9.17) is 0 Å². The van der Waals surface area contributed by atoms with Crippen molar-refractivity contribution in [1.82, 2.24) is 0 Å². The predicted octanol–water partition coefficient (Wildman–Crippen LogP) is 2.28. The van der Waals surface area contributed by atoms with Crippen molar-refractivity contribution in [3.8, 4) is 0 Å². The summed E-state index contributed by atoms with van der Waals surface area (Å²) in [4.78, 5) is 0.661. The number of rotatable bonds is 2. The molecular formula is C13H16O3S. The second-order valence-corrected chi connectivity index (χ2v) is 6.27. The van der Waals surface area contributed by atoms with Gasteiger partial charge in [0.1, 0.15) is 0 Å². The summed E-state index contributed by atoms with van der Waals surface area (Å²) >= 11 is 0. The minimum atomic E-state index is -3.42. The largest absolute Gasteiger partial charge is 0.389 e. The fourth-order valence-electron chi connectivity index (χ4n) is 2.01. The van der Waals surface area contributed by atoms with Gasteiger partial charge in [0.05, 0.1) is 11.0 Å². The maximum atomic E-state index is 12.3. The van der Waals surface area contributed by atoms with Crippen LogP contribution < -0.4 is 0 Å². The van der Waals surface area contributed by atoms with Crippen molar-refractivity contribution in [3.05, 3.63) is 41.3 Å². The van der Waals surface area contributed by atoms with Gasteiger partial charge in [-0.25, -0.2) is 8.42 Å². The molecule has 1 aromatic carbocycles. The fraction of sp³-hybridized carbons (Fsp3) is 0.385. The first-order valence-corrected chi connectivity index (χ1v) is 7.28. The lowest BCUT2D eigenvalue weighted by molar-refractivity contribution is 0.211. The number of allylic oxidation sites excluding steroid dienone is 1. The van der Waals surface area contributed by atoms with Gasteiger partial charge in [-0.15, -0.1) is 0 Å². The Hall–Kier alpha value is -1.13. The summed E-state index contributed by atoms with van der Waals surface area (Å²) in [5, 5.41) is 9.63. The van der Waals surface area contributed by atoms with Crippen LogP contribution >= 0.6 is 0 Å². The van der Waals surface area contributed by atoms with Crippen molar-refractivity contribution in [2.45, 2.75) is 36.7 Å². The van der Waals surface area contributed by atoms with Gasteiger partial charge in [0, 0.05) is 4.91 Å². The van der Waals surface area contributed by atoms with E-state index in [1.165, 1.54) is 6.08 Å². The first-order valence-electron chi connectivity index (χ1n) is 5.79. The standard InChI is InChI=1S/C13H16O3S/c14-11-6-4-5-9-13(10-11)17(15,16)12-7-2-1-3-8-12/h1-3,7-8,10-11,14H,4-6,9H2. The zero-order chi connectivity index (χ0) is 12.3. The van der Waals surface area contributed by atoms with Crippen molar-refractivity contribution in [2.75, 3.05) is 0 Å². The molecule has 0 aromatic heterocycles. The second kappa shape index (κ2) is 5.02. The van der Waals surface area contributed by atoms with Crippen LogP contribution in [0.4, 0.5) is 0 Å². The average molecular weight is 252 g/mol. The van der Waals surface area contributed by atoms with Crippen LogP contribution in [0.2, 0.25) is 0 Å². The Morgan fingerprint density at radius 3 is 2.53 bits per heavy atom. The molecule has 1 aliphatic carbocycles. The van der Waals surface area contributed by atoms with Crippen molar-refractivity contribution >= 4 is 9.84 Å². The Balaban J connectivity index is 2.39. The summed E-state index contributed by atoms with van der Waals surface area (Å²) in [5.74, 6) is 0. The molecule has 0 heterocycles. The second-order valence-electron chi connectivity index (χ2n) is 4.26. The van der Waals surface area contributed by atoms with Gasteiger partial charge in [-0.2, -0.15) is 0 Å². The number of aliphatic hydroxyl groups excluding tert-OH is 1. The highest BCUT2D eigenvalue weighted by atomic mass is 32.2. The molecule has 0 bridgehead atoms. The molecule has 0 aliphatic heterocycles. The maximum Gasteiger partial charge on any atom is 0.202 e. The minimum Gasteiger partial charge on any atom is -0.389 e. The Bertz CT molecular complexity index is 503. The number of aliphatic hydroxyl groups is 1. The van der Waals surface area contributed by atoms with Crippen LogP contribution in [0.1, 0.15) is 25.7 Å². The molecule has 2 rings (SSSR count). The zero-order valence-corrected chi connectivity index (χ0v) is 10.4. The van der Waals surface area contributed by atoms with Crippen LogP contribution in [0.15, 0.2) is 46.2 Å². The van der Waals surface area contributed by atoms with Crippen LogP contribution in [-0.4, -0.2) is 19.6 Å². The normalized spacial score (nSPS) is 21.7. The summed E-state index contributed by atoms with van der Waals surface area (Å²) in [6, 6.07) is 8.39. The van der Waals surface area contributed by atoms with Gasteiger partial charge >= 0.3 is 0 Å². The fourth-order valence-corrected chi connectivity index (χ4v) is 3.58. The van der Waals surface area contributed by atoms with Gasteiger partial charge in [0.25, 0.3) is 0 Å². The van der Waals surface area contributed by atoms with Gasteiger partial charge < -0.3 is 5.11 Å². The van der Waals surface area contributed by atoms with E-state index >= 15 is 0 Å². The van der Waals surface area contributed by atoms with Crippen LogP contribution in [0, 0.1) is 0 Å². The first-order chi connectivity index (χ1) is 8.10. The molecule has 0 saturated heterocycles. The number of hydrogen-bond donors (Lipinski definition) is 1. The summed E-state index contributed by atoms with van der Waals surface area (Å²) in [5.41, 5.74) is 0. The summed E-state index contributed by atoms with van der Waals surface area (Å²) in [7, 11) is -3.42. The van der Waals surface area contributed by atoms with Crippen molar-refractivity contribution in [3.63, 3.8) is 0 Å². The quantitative estimate of drug-likeness (QED) is 0.878. The molecule has 4 heteroatoms. The molecule has 0 amide bonds. The minimum absolute atomic E-state index is 0.306. The molecule has 0 fully saturated rings. The molecule has 1 atom stereocenters. The van der Waals surface area contributed by atoms with Crippen LogP contribution in [0.3, 0.4) is 0 Å². The van der Waals surface area contributed by atoms with Crippen molar-refractivity contribution in [2.24, 2.45) is 0 Å². The molecule has 1 aromatic rings. The highest BCUT2D eigenvalue weighted by Gasteiger charge is 2.22. The molecule has 0 spiro atoms. The lowest BCUT2D eigenvalue weighted by Gasteiger charge is -2.08. The molecule has 17 heavy (non-hydrogen) atoms. The van der Waals surface area contributed by atoms with E-state index in [2.05, 4.69) is 0 Å². The number of sulfone groups is 1.